The Balaban J connectivity index is 1.73. The monoisotopic (exact) mass is 396 g/mol. The molecule has 0 aliphatic heterocycles. The van der Waals surface area contributed by atoms with E-state index >= 15 is 0 Å². The van der Waals surface area contributed by atoms with Crippen molar-refractivity contribution in [1.29, 1.82) is 0 Å². The highest BCUT2D eigenvalue weighted by Gasteiger charge is 2.31. The number of carbonyl (C=O) groups is 1. The normalized spacial score (nSPS) is 12.6. The van der Waals surface area contributed by atoms with Crippen LogP contribution in [0.15, 0.2) is 42.0 Å². The van der Waals surface area contributed by atoms with Gasteiger partial charge < -0.3 is 10.1 Å². The molecule has 0 aliphatic rings. The lowest BCUT2D eigenvalue weighted by atomic mass is 10.1. The number of thiazole rings is 1. The van der Waals surface area contributed by atoms with Crippen LogP contribution in [0.1, 0.15) is 28.9 Å². The van der Waals surface area contributed by atoms with Gasteiger partial charge in [0.2, 0.25) is 0 Å². The number of nitrogens with zero attached hydrogens (tertiary/aromatic N) is 3. The summed E-state index contributed by atoms with van der Waals surface area (Å²) >= 11 is 1.37. The van der Waals surface area contributed by atoms with Gasteiger partial charge in [-0.05, 0) is 24.6 Å². The largest absolute Gasteiger partial charge is 0.573 e. The molecule has 2 heterocycles. The Labute approximate surface area is 156 Å². The van der Waals surface area contributed by atoms with Gasteiger partial charge in [0.25, 0.3) is 5.91 Å². The number of rotatable bonds is 5. The summed E-state index contributed by atoms with van der Waals surface area (Å²) in [6.07, 6.45) is -1.52. The summed E-state index contributed by atoms with van der Waals surface area (Å²) in [5.41, 5.74) is 1.49. The molecule has 0 fully saturated rings. The fourth-order valence-corrected chi connectivity index (χ4v) is 3.10. The lowest BCUT2D eigenvalue weighted by molar-refractivity contribution is -0.274. The predicted octanol–water partition coefficient (Wildman–Crippen LogP) is 3.93. The molecule has 142 valence electrons. The van der Waals surface area contributed by atoms with Crippen LogP contribution in [0.5, 0.6) is 5.75 Å². The molecule has 0 spiro atoms. The van der Waals surface area contributed by atoms with E-state index in [2.05, 4.69) is 20.1 Å². The molecule has 0 aliphatic carbocycles. The highest BCUT2D eigenvalue weighted by Crippen LogP contribution is 2.26. The predicted molar refractivity (Wildman–Crippen MR) is 93.3 cm³/mol. The van der Waals surface area contributed by atoms with Crippen molar-refractivity contribution in [3.63, 3.8) is 0 Å². The zero-order chi connectivity index (χ0) is 19.6. The number of ether oxygens (including phenoxy) is 1. The van der Waals surface area contributed by atoms with E-state index in [1.165, 1.54) is 40.3 Å². The van der Waals surface area contributed by atoms with Crippen LogP contribution in [0, 0.1) is 0 Å². The molecule has 2 aromatic heterocycles. The SMILES string of the molecule is CC(NC(=O)c1cn(C)nc1-c1nccs1)c1ccc(OC(F)(F)F)cc1. The maximum absolute atomic E-state index is 12.7. The molecule has 0 saturated carbocycles. The quantitative estimate of drug-likeness (QED) is 0.710. The molecule has 27 heavy (non-hydrogen) atoms. The smallest absolute Gasteiger partial charge is 0.406 e. The standard InChI is InChI=1S/C17H15F3N4O2S/c1-10(11-3-5-12(6-4-11)26-17(18,19)20)22-15(25)13-9-24(2)23-14(13)16-21-7-8-27-16/h3-10H,1-2H3,(H,22,25). The zero-order valence-corrected chi connectivity index (χ0v) is 15.1. The van der Waals surface area contributed by atoms with Gasteiger partial charge in [0.05, 0.1) is 11.6 Å². The van der Waals surface area contributed by atoms with E-state index in [0.717, 1.165) is 0 Å². The first-order valence-electron chi connectivity index (χ1n) is 7.83. The van der Waals surface area contributed by atoms with Crippen molar-refractivity contribution in [2.75, 3.05) is 0 Å². The van der Waals surface area contributed by atoms with Gasteiger partial charge in [0.15, 0.2) is 0 Å². The summed E-state index contributed by atoms with van der Waals surface area (Å²) in [5, 5.41) is 9.52. The van der Waals surface area contributed by atoms with Crippen LogP contribution in [0.25, 0.3) is 10.7 Å². The van der Waals surface area contributed by atoms with E-state index < -0.39 is 12.4 Å². The van der Waals surface area contributed by atoms with E-state index in [1.54, 1.807) is 31.7 Å². The molecule has 1 amide bonds. The molecule has 1 N–H and O–H groups in total. The molecule has 0 bridgehead atoms. The molecule has 10 heteroatoms. The summed E-state index contributed by atoms with van der Waals surface area (Å²) in [5.74, 6) is -0.667. The number of amides is 1. The Bertz CT molecular complexity index is 921. The van der Waals surface area contributed by atoms with Crippen molar-refractivity contribution < 1.29 is 22.7 Å². The third-order valence-corrected chi connectivity index (χ3v) is 4.45. The van der Waals surface area contributed by atoms with Crippen molar-refractivity contribution in [2.45, 2.75) is 19.3 Å². The highest BCUT2D eigenvalue weighted by atomic mass is 32.1. The molecule has 3 aromatic rings. The molecule has 1 aromatic carbocycles. The first-order valence-corrected chi connectivity index (χ1v) is 8.71. The summed E-state index contributed by atoms with van der Waals surface area (Å²) < 4.78 is 42.0. The molecule has 0 saturated heterocycles. The number of aryl methyl sites for hydroxylation is 1. The van der Waals surface area contributed by atoms with Crippen LogP contribution in [0.2, 0.25) is 0 Å². The second-order valence-corrected chi connectivity index (χ2v) is 6.61. The van der Waals surface area contributed by atoms with Gasteiger partial charge in [-0.2, -0.15) is 5.10 Å². The minimum Gasteiger partial charge on any atom is -0.406 e. The van der Waals surface area contributed by atoms with E-state index in [9.17, 15) is 18.0 Å². The molecular weight excluding hydrogens is 381 g/mol. The average Bonchev–Trinajstić information content (AvgIpc) is 3.23. The zero-order valence-electron chi connectivity index (χ0n) is 14.3. The van der Waals surface area contributed by atoms with E-state index in [4.69, 9.17) is 0 Å². The van der Waals surface area contributed by atoms with Crippen molar-refractivity contribution in [2.24, 2.45) is 7.05 Å². The number of carbonyl (C=O) groups excluding carboxylic acids is 1. The summed E-state index contributed by atoms with van der Waals surface area (Å²) in [6.45, 7) is 1.73. The third kappa shape index (κ3) is 4.64. The van der Waals surface area contributed by atoms with Gasteiger partial charge in [-0.3, -0.25) is 9.48 Å². The lowest BCUT2D eigenvalue weighted by Crippen LogP contribution is -2.26. The fourth-order valence-electron chi connectivity index (χ4n) is 2.47. The summed E-state index contributed by atoms with van der Waals surface area (Å²) in [4.78, 5) is 16.8. The third-order valence-electron chi connectivity index (χ3n) is 3.67. The molecule has 1 unspecified atom stereocenters. The minimum atomic E-state index is -4.74. The maximum atomic E-state index is 12.7. The second-order valence-electron chi connectivity index (χ2n) is 5.71. The van der Waals surface area contributed by atoms with Gasteiger partial charge in [-0.1, -0.05) is 12.1 Å². The Morgan fingerprint density at radius 3 is 2.59 bits per heavy atom. The van der Waals surface area contributed by atoms with E-state index in [0.29, 0.717) is 21.8 Å². The van der Waals surface area contributed by atoms with Crippen LogP contribution < -0.4 is 10.1 Å². The Morgan fingerprint density at radius 2 is 2.00 bits per heavy atom. The molecule has 1 atom stereocenters. The Hall–Kier alpha value is -2.88. The van der Waals surface area contributed by atoms with Gasteiger partial charge in [0.1, 0.15) is 16.5 Å². The van der Waals surface area contributed by atoms with E-state index in [-0.39, 0.29) is 11.7 Å². The van der Waals surface area contributed by atoms with Crippen LogP contribution >= 0.6 is 11.3 Å². The average molecular weight is 396 g/mol. The van der Waals surface area contributed by atoms with Crippen molar-refractivity contribution >= 4 is 17.2 Å². The van der Waals surface area contributed by atoms with Crippen LogP contribution in [-0.2, 0) is 7.05 Å². The van der Waals surface area contributed by atoms with Crippen molar-refractivity contribution in [3.05, 3.63) is 53.2 Å². The number of alkyl halides is 3. The Morgan fingerprint density at radius 1 is 1.30 bits per heavy atom. The number of benzene rings is 1. The van der Waals surface area contributed by atoms with E-state index in [1.807, 2.05) is 0 Å². The topological polar surface area (TPSA) is 69.0 Å². The van der Waals surface area contributed by atoms with Gasteiger partial charge in [0, 0.05) is 24.8 Å². The second kappa shape index (κ2) is 7.39. The van der Waals surface area contributed by atoms with Crippen LogP contribution in [0.3, 0.4) is 0 Å². The molecule has 0 radical (unpaired) electrons. The van der Waals surface area contributed by atoms with Gasteiger partial charge in [-0.15, -0.1) is 24.5 Å². The highest BCUT2D eigenvalue weighted by molar-refractivity contribution is 7.13. The van der Waals surface area contributed by atoms with Crippen LogP contribution in [-0.4, -0.2) is 27.0 Å². The number of nitrogens with one attached hydrogen (secondary N) is 1. The first kappa shape index (κ1) is 18.9. The summed E-state index contributed by atoms with van der Waals surface area (Å²) in [6, 6.07) is 4.92. The Kier molecular flexibility index (Phi) is 5.17. The number of halogens is 3. The van der Waals surface area contributed by atoms with Crippen LogP contribution in [0.4, 0.5) is 13.2 Å². The molecule has 6 nitrogen and oxygen atoms in total. The number of hydrogen-bond acceptors (Lipinski definition) is 5. The van der Waals surface area contributed by atoms with Crippen molar-refractivity contribution in [3.8, 4) is 16.5 Å². The lowest BCUT2D eigenvalue weighted by Gasteiger charge is -2.15. The maximum Gasteiger partial charge on any atom is 0.573 e. The molecule has 3 rings (SSSR count). The van der Waals surface area contributed by atoms with Gasteiger partial charge in [-0.25, -0.2) is 4.98 Å². The minimum absolute atomic E-state index is 0.317. The van der Waals surface area contributed by atoms with Crippen molar-refractivity contribution in [1.82, 2.24) is 20.1 Å². The fraction of sp³-hybridized carbons (Fsp3) is 0.235. The number of hydrogen-bond donors (Lipinski definition) is 1. The number of aromatic nitrogens is 3. The summed E-state index contributed by atoms with van der Waals surface area (Å²) in [7, 11) is 1.71. The first-order chi connectivity index (χ1) is 12.7. The van der Waals surface area contributed by atoms with Gasteiger partial charge >= 0.3 is 6.36 Å². The molecular formula is C17H15F3N4O2S.